The number of benzene rings is 2. The van der Waals surface area contributed by atoms with Gasteiger partial charge in [-0.1, -0.05) is 41.4 Å². The number of rotatable bonds is 5. The van der Waals surface area contributed by atoms with Gasteiger partial charge in [-0.15, -0.1) is 0 Å². The molecule has 146 valence electrons. The first-order valence-corrected chi connectivity index (χ1v) is 9.88. The Morgan fingerprint density at radius 1 is 1.14 bits per heavy atom. The number of aromatic nitrogens is 3. The molecule has 1 amide bonds. The number of fused-ring (bicyclic) bond motifs is 1. The van der Waals surface area contributed by atoms with Gasteiger partial charge in [0.1, 0.15) is 5.82 Å². The highest BCUT2D eigenvalue weighted by atomic mass is 35.5. The largest absolute Gasteiger partial charge is 0.342 e. The average molecular weight is 425 g/mol. The minimum absolute atomic E-state index is 0.200. The average Bonchev–Trinajstić information content (AvgIpc) is 3.09. The van der Waals surface area contributed by atoms with Crippen molar-refractivity contribution in [2.75, 3.05) is 0 Å². The number of carbonyl (C=O) groups excluding carboxylic acids is 1. The number of nitrogens with one attached hydrogen (secondary N) is 1. The fourth-order valence-electron chi connectivity index (χ4n) is 3.25. The maximum Gasteiger partial charge on any atom is 0.253 e. The molecule has 0 radical (unpaired) electrons. The Morgan fingerprint density at radius 3 is 2.72 bits per heavy atom. The van der Waals surface area contributed by atoms with E-state index in [0.717, 1.165) is 22.4 Å². The summed E-state index contributed by atoms with van der Waals surface area (Å²) in [7, 11) is 0. The molecule has 0 aliphatic heterocycles. The summed E-state index contributed by atoms with van der Waals surface area (Å²) in [6.45, 7) is 2.43. The summed E-state index contributed by atoms with van der Waals surface area (Å²) in [5, 5.41) is 4.19. The third kappa shape index (κ3) is 4.11. The zero-order valence-corrected chi connectivity index (χ0v) is 17.2. The van der Waals surface area contributed by atoms with Gasteiger partial charge >= 0.3 is 0 Å². The van der Waals surface area contributed by atoms with Gasteiger partial charge in [0.2, 0.25) is 0 Å². The first-order valence-electron chi connectivity index (χ1n) is 9.13. The number of nitrogens with zero attached hydrogens (tertiary/aromatic N) is 3. The van der Waals surface area contributed by atoms with Gasteiger partial charge in [-0.05, 0) is 48.9 Å². The Balaban J connectivity index is 1.70. The summed E-state index contributed by atoms with van der Waals surface area (Å²) in [6.07, 6.45) is 3.17. The van der Waals surface area contributed by atoms with E-state index >= 15 is 0 Å². The van der Waals surface area contributed by atoms with Crippen LogP contribution in [0.5, 0.6) is 0 Å². The van der Waals surface area contributed by atoms with Crippen LogP contribution in [-0.4, -0.2) is 20.4 Å². The molecule has 4 aromatic rings. The molecule has 4 rings (SSSR count). The Bertz CT molecular complexity index is 1170. The van der Waals surface area contributed by atoms with E-state index in [4.69, 9.17) is 28.2 Å². The SMILES string of the molecule is CC(NC(=O)c1cccnc1)c1nc2ccccc2n1Cc1ccc(Cl)cc1Cl. The van der Waals surface area contributed by atoms with Gasteiger partial charge in [0.25, 0.3) is 5.91 Å². The van der Waals surface area contributed by atoms with E-state index in [-0.39, 0.29) is 11.9 Å². The summed E-state index contributed by atoms with van der Waals surface area (Å²) in [5.41, 5.74) is 3.25. The highest BCUT2D eigenvalue weighted by Gasteiger charge is 2.20. The first-order chi connectivity index (χ1) is 14.0. The molecule has 5 nitrogen and oxygen atoms in total. The molecule has 2 aromatic carbocycles. The van der Waals surface area contributed by atoms with Crippen LogP contribution in [0.2, 0.25) is 10.0 Å². The normalized spacial score (nSPS) is 12.1. The quantitative estimate of drug-likeness (QED) is 0.474. The van der Waals surface area contributed by atoms with Crippen molar-refractivity contribution in [3.8, 4) is 0 Å². The van der Waals surface area contributed by atoms with E-state index in [1.54, 1.807) is 30.6 Å². The molecule has 1 atom stereocenters. The number of hydrogen-bond acceptors (Lipinski definition) is 3. The van der Waals surface area contributed by atoms with E-state index in [1.807, 2.05) is 43.3 Å². The summed E-state index contributed by atoms with van der Waals surface area (Å²) in [6, 6.07) is 16.5. The molecule has 0 saturated heterocycles. The van der Waals surface area contributed by atoms with Crippen LogP contribution in [0, 0.1) is 0 Å². The maximum absolute atomic E-state index is 12.6. The van der Waals surface area contributed by atoms with E-state index in [2.05, 4.69) is 14.9 Å². The minimum atomic E-state index is -0.318. The Morgan fingerprint density at radius 2 is 1.97 bits per heavy atom. The van der Waals surface area contributed by atoms with Crippen molar-refractivity contribution in [2.24, 2.45) is 0 Å². The lowest BCUT2D eigenvalue weighted by Crippen LogP contribution is -2.29. The summed E-state index contributed by atoms with van der Waals surface area (Å²) < 4.78 is 2.07. The van der Waals surface area contributed by atoms with Gasteiger partial charge in [0, 0.05) is 22.4 Å². The Labute approximate surface area is 178 Å². The minimum Gasteiger partial charge on any atom is -0.342 e. The lowest BCUT2D eigenvalue weighted by molar-refractivity contribution is 0.0937. The molecular weight excluding hydrogens is 407 g/mol. The Kier molecular flexibility index (Phi) is 5.51. The van der Waals surface area contributed by atoms with Crippen molar-refractivity contribution in [3.63, 3.8) is 0 Å². The number of halogens is 2. The van der Waals surface area contributed by atoms with Crippen molar-refractivity contribution in [2.45, 2.75) is 19.5 Å². The van der Waals surface area contributed by atoms with Gasteiger partial charge in [-0.3, -0.25) is 9.78 Å². The van der Waals surface area contributed by atoms with Crippen molar-refractivity contribution in [3.05, 3.63) is 94.0 Å². The highest BCUT2D eigenvalue weighted by Crippen LogP contribution is 2.26. The van der Waals surface area contributed by atoms with Crippen LogP contribution in [0.1, 0.15) is 34.7 Å². The summed E-state index contributed by atoms with van der Waals surface area (Å²) in [5.74, 6) is 0.545. The molecule has 0 fully saturated rings. The molecule has 2 aromatic heterocycles. The molecule has 0 bridgehead atoms. The second-order valence-electron chi connectivity index (χ2n) is 6.72. The summed E-state index contributed by atoms with van der Waals surface area (Å²) >= 11 is 12.4. The van der Waals surface area contributed by atoms with Crippen molar-refractivity contribution >= 4 is 40.1 Å². The standard InChI is InChI=1S/C22H18Cl2N4O/c1-14(26-22(29)15-5-4-10-25-12-15)21-27-19-6-2-3-7-20(19)28(21)13-16-8-9-17(23)11-18(16)24/h2-12,14H,13H2,1H3,(H,26,29). The first kappa shape index (κ1) is 19.4. The van der Waals surface area contributed by atoms with Crippen molar-refractivity contribution < 1.29 is 4.79 Å². The summed E-state index contributed by atoms with van der Waals surface area (Å²) in [4.78, 5) is 21.4. The van der Waals surface area contributed by atoms with Crippen LogP contribution >= 0.6 is 23.2 Å². The third-order valence-electron chi connectivity index (χ3n) is 4.69. The third-order valence-corrected chi connectivity index (χ3v) is 5.27. The second-order valence-corrected chi connectivity index (χ2v) is 7.56. The monoisotopic (exact) mass is 424 g/mol. The molecule has 0 aliphatic rings. The predicted molar refractivity (Wildman–Crippen MR) is 115 cm³/mol. The molecule has 0 spiro atoms. The number of imidazole rings is 1. The molecular formula is C22H18Cl2N4O. The van der Waals surface area contributed by atoms with Crippen LogP contribution in [0.15, 0.2) is 67.0 Å². The van der Waals surface area contributed by atoms with Crippen LogP contribution < -0.4 is 5.32 Å². The molecule has 1 N–H and O–H groups in total. The lowest BCUT2D eigenvalue weighted by atomic mass is 10.2. The maximum atomic E-state index is 12.6. The van der Waals surface area contributed by atoms with Crippen molar-refractivity contribution in [1.29, 1.82) is 0 Å². The number of hydrogen-bond donors (Lipinski definition) is 1. The second kappa shape index (κ2) is 8.23. The van der Waals surface area contributed by atoms with Crippen LogP contribution in [0.25, 0.3) is 11.0 Å². The lowest BCUT2D eigenvalue weighted by Gasteiger charge is -2.17. The van der Waals surface area contributed by atoms with Gasteiger partial charge in [-0.2, -0.15) is 0 Å². The van der Waals surface area contributed by atoms with Crippen LogP contribution in [0.4, 0.5) is 0 Å². The van der Waals surface area contributed by atoms with E-state index < -0.39 is 0 Å². The highest BCUT2D eigenvalue weighted by molar-refractivity contribution is 6.35. The number of pyridine rings is 1. The number of carbonyl (C=O) groups is 1. The van der Waals surface area contributed by atoms with Gasteiger partial charge in [-0.25, -0.2) is 4.98 Å². The molecule has 29 heavy (non-hydrogen) atoms. The Hall–Kier alpha value is -2.89. The zero-order chi connectivity index (χ0) is 20.4. The predicted octanol–water partition coefficient (Wildman–Crippen LogP) is 5.28. The zero-order valence-electron chi connectivity index (χ0n) is 15.6. The van der Waals surface area contributed by atoms with E-state index in [1.165, 1.54) is 0 Å². The fourth-order valence-corrected chi connectivity index (χ4v) is 3.72. The molecule has 0 aliphatic carbocycles. The number of para-hydroxylation sites is 2. The smallest absolute Gasteiger partial charge is 0.253 e. The topological polar surface area (TPSA) is 59.8 Å². The number of amides is 1. The van der Waals surface area contributed by atoms with Crippen LogP contribution in [0.3, 0.4) is 0 Å². The van der Waals surface area contributed by atoms with Crippen LogP contribution in [-0.2, 0) is 6.54 Å². The molecule has 7 heteroatoms. The molecule has 0 saturated carbocycles. The molecule has 2 heterocycles. The van der Waals surface area contributed by atoms with E-state index in [9.17, 15) is 4.79 Å². The molecule has 1 unspecified atom stereocenters. The van der Waals surface area contributed by atoms with E-state index in [0.29, 0.717) is 22.2 Å². The fraction of sp³-hybridized carbons (Fsp3) is 0.136. The van der Waals surface area contributed by atoms with Gasteiger partial charge < -0.3 is 9.88 Å². The van der Waals surface area contributed by atoms with Gasteiger partial charge in [0.05, 0.1) is 29.2 Å². The van der Waals surface area contributed by atoms with Gasteiger partial charge in [0.15, 0.2) is 0 Å². The van der Waals surface area contributed by atoms with Crippen molar-refractivity contribution in [1.82, 2.24) is 19.9 Å².